The molecule has 3 rings (SSSR count). The predicted octanol–water partition coefficient (Wildman–Crippen LogP) is 2.52. The standard InChI is InChI=1S/C21H28O5S/c1-13-15(12-27(25,26)14-8-6-5-7-9-14)21(4)16(22)10-11-20(2,3)19(21)18(24)17(13)23/h5-9,17-19,23-24H,10-12H2,1-4H3/t17-,18-,19-,21-/m0/s1. The number of rotatable bonds is 3. The highest BCUT2D eigenvalue weighted by molar-refractivity contribution is 7.91. The lowest BCUT2D eigenvalue weighted by atomic mass is 9.48. The fourth-order valence-electron chi connectivity index (χ4n) is 5.16. The van der Waals surface area contributed by atoms with E-state index in [1.807, 2.05) is 13.8 Å². The summed E-state index contributed by atoms with van der Waals surface area (Å²) >= 11 is 0. The van der Waals surface area contributed by atoms with E-state index in [4.69, 9.17) is 0 Å². The molecule has 4 atom stereocenters. The molecule has 6 heteroatoms. The summed E-state index contributed by atoms with van der Waals surface area (Å²) in [5.41, 5.74) is -0.670. The van der Waals surface area contributed by atoms with Crippen LogP contribution in [0.2, 0.25) is 0 Å². The molecule has 2 aliphatic carbocycles. The van der Waals surface area contributed by atoms with Crippen LogP contribution in [0.3, 0.4) is 0 Å². The Balaban J connectivity index is 2.16. The highest BCUT2D eigenvalue weighted by atomic mass is 32.2. The molecule has 0 radical (unpaired) electrons. The van der Waals surface area contributed by atoms with Crippen LogP contribution in [0.15, 0.2) is 46.4 Å². The molecular formula is C21H28O5S. The molecule has 5 nitrogen and oxygen atoms in total. The Hall–Kier alpha value is -1.50. The van der Waals surface area contributed by atoms with Crippen LogP contribution >= 0.6 is 0 Å². The molecule has 0 aliphatic heterocycles. The van der Waals surface area contributed by atoms with Gasteiger partial charge in [-0.15, -0.1) is 0 Å². The van der Waals surface area contributed by atoms with Crippen LogP contribution in [0.4, 0.5) is 0 Å². The largest absolute Gasteiger partial charge is 0.390 e. The average Bonchev–Trinajstić information content (AvgIpc) is 2.61. The molecule has 0 aromatic heterocycles. The minimum atomic E-state index is -3.69. The van der Waals surface area contributed by atoms with Gasteiger partial charge >= 0.3 is 0 Å². The molecule has 0 heterocycles. The van der Waals surface area contributed by atoms with Crippen molar-refractivity contribution in [3.05, 3.63) is 41.5 Å². The first-order valence-electron chi connectivity index (χ1n) is 9.30. The summed E-state index contributed by atoms with van der Waals surface area (Å²) < 4.78 is 26.1. The lowest BCUT2D eigenvalue weighted by Crippen LogP contribution is -2.60. The number of sulfone groups is 1. The molecule has 1 fully saturated rings. The lowest BCUT2D eigenvalue weighted by molar-refractivity contribution is -0.154. The van der Waals surface area contributed by atoms with Crippen LogP contribution in [0.25, 0.3) is 0 Å². The van der Waals surface area contributed by atoms with Gasteiger partial charge < -0.3 is 10.2 Å². The van der Waals surface area contributed by atoms with Crippen molar-refractivity contribution in [2.24, 2.45) is 16.7 Å². The molecule has 0 spiro atoms. The van der Waals surface area contributed by atoms with E-state index >= 15 is 0 Å². The smallest absolute Gasteiger partial charge is 0.182 e. The van der Waals surface area contributed by atoms with Gasteiger partial charge in [-0.25, -0.2) is 8.42 Å². The van der Waals surface area contributed by atoms with E-state index in [9.17, 15) is 23.4 Å². The molecule has 0 bridgehead atoms. The maximum absolute atomic E-state index is 13.0. The van der Waals surface area contributed by atoms with Crippen molar-refractivity contribution >= 4 is 15.6 Å². The number of benzene rings is 1. The van der Waals surface area contributed by atoms with Gasteiger partial charge in [0.15, 0.2) is 9.84 Å². The maximum Gasteiger partial charge on any atom is 0.182 e. The van der Waals surface area contributed by atoms with Crippen molar-refractivity contribution in [3.63, 3.8) is 0 Å². The third kappa shape index (κ3) is 3.08. The Kier molecular flexibility index (Phi) is 4.90. The molecule has 1 saturated carbocycles. The maximum atomic E-state index is 13.0. The third-order valence-corrected chi connectivity index (χ3v) is 8.35. The second kappa shape index (κ2) is 6.54. The minimum Gasteiger partial charge on any atom is -0.390 e. The zero-order chi connectivity index (χ0) is 20.2. The number of fused-ring (bicyclic) bond motifs is 1. The minimum absolute atomic E-state index is 0.0598. The van der Waals surface area contributed by atoms with Crippen molar-refractivity contribution < 1.29 is 23.4 Å². The van der Waals surface area contributed by atoms with E-state index in [0.29, 0.717) is 24.0 Å². The Labute approximate surface area is 161 Å². The number of ketones is 1. The molecule has 27 heavy (non-hydrogen) atoms. The lowest BCUT2D eigenvalue weighted by Gasteiger charge is -2.56. The summed E-state index contributed by atoms with van der Waals surface area (Å²) in [6, 6.07) is 8.13. The van der Waals surface area contributed by atoms with Gasteiger partial charge in [-0.3, -0.25) is 4.79 Å². The van der Waals surface area contributed by atoms with E-state index < -0.39 is 38.8 Å². The van der Waals surface area contributed by atoms with Gasteiger partial charge in [0, 0.05) is 12.3 Å². The monoisotopic (exact) mass is 392 g/mol. The Morgan fingerprint density at radius 2 is 1.70 bits per heavy atom. The van der Waals surface area contributed by atoms with Gasteiger partial charge in [0.25, 0.3) is 0 Å². The number of aliphatic hydroxyl groups excluding tert-OH is 2. The molecule has 2 N–H and O–H groups in total. The van der Waals surface area contributed by atoms with Crippen LogP contribution in [0.5, 0.6) is 0 Å². The second-order valence-electron chi connectivity index (χ2n) is 8.76. The summed E-state index contributed by atoms with van der Waals surface area (Å²) in [5, 5.41) is 21.5. The molecular weight excluding hydrogens is 364 g/mol. The Morgan fingerprint density at radius 3 is 2.30 bits per heavy atom. The summed E-state index contributed by atoms with van der Waals surface area (Å²) in [5.74, 6) is -0.928. The highest BCUT2D eigenvalue weighted by Crippen LogP contribution is 2.58. The molecule has 2 aliphatic rings. The number of hydrogen-bond donors (Lipinski definition) is 2. The summed E-state index contributed by atoms with van der Waals surface area (Å²) in [6.45, 7) is 7.32. The first kappa shape index (κ1) is 20.2. The third-order valence-electron chi connectivity index (χ3n) is 6.69. The van der Waals surface area contributed by atoms with Crippen LogP contribution in [0.1, 0.15) is 40.5 Å². The first-order valence-corrected chi connectivity index (χ1v) is 11.0. The first-order chi connectivity index (χ1) is 12.4. The number of aliphatic hydroxyl groups is 2. The summed E-state index contributed by atoms with van der Waals surface area (Å²) in [4.78, 5) is 13.2. The Morgan fingerprint density at radius 1 is 1.11 bits per heavy atom. The van der Waals surface area contributed by atoms with Crippen LogP contribution < -0.4 is 0 Å². The zero-order valence-corrected chi connectivity index (χ0v) is 17.1. The topological polar surface area (TPSA) is 91.7 Å². The normalized spacial score (nSPS) is 33.7. The predicted molar refractivity (Wildman–Crippen MR) is 103 cm³/mol. The van der Waals surface area contributed by atoms with Crippen molar-refractivity contribution in [2.75, 3.05) is 5.75 Å². The van der Waals surface area contributed by atoms with Gasteiger partial charge in [-0.1, -0.05) is 32.0 Å². The SMILES string of the molecule is CC1=C(CS(=O)(=O)c2ccccc2)[C@@]2(C)C(=O)CCC(C)(C)[C@@H]2[C@@H](O)[C@H]1O. The quantitative estimate of drug-likeness (QED) is 0.771. The molecule has 0 unspecified atom stereocenters. The number of hydrogen-bond acceptors (Lipinski definition) is 5. The van der Waals surface area contributed by atoms with Gasteiger partial charge in [-0.2, -0.15) is 0 Å². The fraction of sp³-hybridized carbons (Fsp3) is 0.571. The van der Waals surface area contributed by atoms with Crippen molar-refractivity contribution in [1.29, 1.82) is 0 Å². The molecule has 1 aromatic rings. The summed E-state index contributed by atoms with van der Waals surface area (Å²) in [6.07, 6.45) is -1.33. The zero-order valence-electron chi connectivity index (χ0n) is 16.3. The van der Waals surface area contributed by atoms with E-state index in [0.717, 1.165) is 0 Å². The fourth-order valence-corrected chi connectivity index (χ4v) is 6.80. The van der Waals surface area contributed by atoms with Crippen LogP contribution in [0, 0.1) is 16.7 Å². The van der Waals surface area contributed by atoms with E-state index in [-0.39, 0.29) is 16.4 Å². The van der Waals surface area contributed by atoms with Crippen molar-refractivity contribution in [2.45, 2.75) is 57.6 Å². The number of Topliss-reactive ketones (excluding diaryl/α,β-unsaturated/α-hetero) is 1. The van der Waals surface area contributed by atoms with Crippen LogP contribution in [-0.2, 0) is 14.6 Å². The van der Waals surface area contributed by atoms with Crippen molar-refractivity contribution in [3.8, 4) is 0 Å². The van der Waals surface area contributed by atoms with E-state index in [1.54, 1.807) is 32.0 Å². The summed E-state index contributed by atoms with van der Waals surface area (Å²) in [7, 11) is -3.69. The van der Waals surface area contributed by atoms with Crippen molar-refractivity contribution in [1.82, 2.24) is 0 Å². The average molecular weight is 393 g/mol. The van der Waals surface area contributed by atoms with Gasteiger partial charge in [-0.05, 0) is 49.0 Å². The number of carbonyl (C=O) groups is 1. The van der Waals surface area contributed by atoms with Crippen LogP contribution in [-0.4, -0.2) is 42.4 Å². The van der Waals surface area contributed by atoms with E-state index in [1.165, 1.54) is 12.1 Å². The van der Waals surface area contributed by atoms with Gasteiger partial charge in [0.1, 0.15) is 11.9 Å². The molecule has 0 amide bonds. The van der Waals surface area contributed by atoms with Gasteiger partial charge in [0.2, 0.25) is 0 Å². The molecule has 148 valence electrons. The number of carbonyl (C=O) groups excluding carboxylic acids is 1. The molecule has 0 saturated heterocycles. The second-order valence-corrected chi connectivity index (χ2v) is 10.8. The Bertz CT molecular complexity index is 884. The van der Waals surface area contributed by atoms with Gasteiger partial charge in [0.05, 0.1) is 22.2 Å². The molecule has 1 aromatic carbocycles. The highest BCUT2D eigenvalue weighted by Gasteiger charge is 2.60. The van der Waals surface area contributed by atoms with E-state index in [2.05, 4.69) is 0 Å².